The second-order valence-electron chi connectivity index (χ2n) is 6.74. The molecule has 0 atom stereocenters. The van der Waals surface area contributed by atoms with Crippen LogP contribution in [-0.2, 0) is 29.2 Å². The molecule has 1 aliphatic rings. The van der Waals surface area contributed by atoms with Gasteiger partial charge in [-0.05, 0) is 55.9 Å². The van der Waals surface area contributed by atoms with Crippen LogP contribution in [0.15, 0.2) is 23.1 Å². The van der Waals surface area contributed by atoms with Gasteiger partial charge in [0, 0.05) is 17.6 Å². The summed E-state index contributed by atoms with van der Waals surface area (Å²) in [7, 11) is -3.33. The van der Waals surface area contributed by atoms with E-state index in [-0.39, 0.29) is 10.9 Å². The van der Waals surface area contributed by atoms with Crippen molar-refractivity contribution in [3.63, 3.8) is 0 Å². The number of nitrogens with one attached hydrogen (secondary N) is 3. The van der Waals surface area contributed by atoms with E-state index in [1.165, 1.54) is 36.2 Å². The molecule has 0 aliphatic heterocycles. The van der Waals surface area contributed by atoms with Crippen LogP contribution in [0.1, 0.15) is 41.8 Å². The number of urea groups is 1. The Labute approximate surface area is 153 Å². The number of rotatable bonds is 4. The first-order valence-electron chi connectivity index (χ1n) is 8.75. The van der Waals surface area contributed by atoms with Crippen molar-refractivity contribution in [2.24, 2.45) is 0 Å². The Hall–Kier alpha value is -2.35. The molecule has 3 rings (SSSR count). The van der Waals surface area contributed by atoms with Crippen LogP contribution in [-0.4, -0.2) is 30.9 Å². The maximum absolute atomic E-state index is 12.2. The number of aromatic nitrogens is 2. The molecule has 0 unspecified atom stereocenters. The molecule has 0 fully saturated rings. The Morgan fingerprint density at radius 3 is 2.77 bits per heavy atom. The Bertz CT molecular complexity index is 919. The van der Waals surface area contributed by atoms with Gasteiger partial charge in [-0.25, -0.2) is 13.2 Å². The van der Waals surface area contributed by atoms with Crippen molar-refractivity contribution in [3.05, 3.63) is 40.7 Å². The maximum Gasteiger partial charge on any atom is 0.319 e. The zero-order valence-electron chi connectivity index (χ0n) is 15.1. The third-order valence-electron chi connectivity index (χ3n) is 4.69. The molecule has 7 nitrogen and oxygen atoms in total. The van der Waals surface area contributed by atoms with Crippen molar-refractivity contribution < 1.29 is 13.2 Å². The molecule has 2 amide bonds. The number of amides is 2. The van der Waals surface area contributed by atoms with Crippen molar-refractivity contribution in [1.82, 2.24) is 15.5 Å². The monoisotopic (exact) mass is 376 g/mol. The highest BCUT2D eigenvalue weighted by Crippen LogP contribution is 2.22. The summed E-state index contributed by atoms with van der Waals surface area (Å²) in [6.07, 6.45) is 6.66. The summed E-state index contributed by atoms with van der Waals surface area (Å²) in [5.74, 6) is 0. The number of carbonyl (C=O) groups is 1. The molecule has 0 spiro atoms. The maximum atomic E-state index is 12.2. The van der Waals surface area contributed by atoms with Crippen LogP contribution in [0.5, 0.6) is 0 Å². The van der Waals surface area contributed by atoms with Crippen molar-refractivity contribution in [3.8, 4) is 0 Å². The van der Waals surface area contributed by atoms with Crippen LogP contribution in [0.2, 0.25) is 0 Å². The summed E-state index contributed by atoms with van der Waals surface area (Å²) in [6.45, 7) is 2.15. The number of H-pyrrole nitrogens is 1. The minimum absolute atomic E-state index is 0.177. The van der Waals surface area contributed by atoms with E-state index in [2.05, 4.69) is 20.8 Å². The molecule has 26 heavy (non-hydrogen) atoms. The molecular formula is C18H24N4O3S. The van der Waals surface area contributed by atoms with Gasteiger partial charge in [0.25, 0.3) is 0 Å². The number of hydrogen-bond acceptors (Lipinski definition) is 4. The number of carbonyl (C=O) groups excluding carboxylic acids is 1. The first-order chi connectivity index (χ1) is 12.3. The Balaban J connectivity index is 1.66. The van der Waals surface area contributed by atoms with E-state index >= 15 is 0 Å². The van der Waals surface area contributed by atoms with E-state index in [4.69, 9.17) is 0 Å². The largest absolute Gasteiger partial charge is 0.332 e. The lowest BCUT2D eigenvalue weighted by molar-refractivity contribution is 0.251. The summed E-state index contributed by atoms with van der Waals surface area (Å²) in [4.78, 5) is 12.4. The first kappa shape index (κ1) is 18.4. The average Bonchev–Trinajstić information content (AvgIpc) is 2.80. The molecule has 8 heteroatoms. The zero-order chi connectivity index (χ0) is 18.7. The standard InChI is InChI=1S/C18H24N4O3S/c1-12-8-9-13(26(2,24)25)10-16(12)20-18(23)19-11-17-14-6-4-3-5-7-15(14)21-22-17/h8-10H,3-7,11H2,1-2H3,(H,21,22)(H2,19,20,23). The van der Waals surface area contributed by atoms with E-state index in [1.807, 2.05) is 6.92 Å². The molecule has 0 saturated carbocycles. The van der Waals surface area contributed by atoms with Crippen LogP contribution < -0.4 is 10.6 Å². The quantitative estimate of drug-likeness (QED) is 0.714. The summed E-state index contributed by atoms with van der Waals surface area (Å²) < 4.78 is 23.4. The Morgan fingerprint density at radius 1 is 1.23 bits per heavy atom. The van der Waals surface area contributed by atoms with Crippen LogP contribution in [0.3, 0.4) is 0 Å². The fourth-order valence-electron chi connectivity index (χ4n) is 3.17. The fourth-order valence-corrected chi connectivity index (χ4v) is 3.82. The van der Waals surface area contributed by atoms with E-state index in [9.17, 15) is 13.2 Å². The van der Waals surface area contributed by atoms with Crippen LogP contribution in [0.4, 0.5) is 10.5 Å². The number of nitrogens with zero attached hydrogens (tertiary/aromatic N) is 1. The van der Waals surface area contributed by atoms with Gasteiger partial charge in [-0.15, -0.1) is 0 Å². The third kappa shape index (κ3) is 4.24. The molecular weight excluding hydrogens is 352 g/mol. The molecule has 1 aliphatic carbocycles. The van der Waals surface area contributed by atoms with Crippen LogP contribution in [0, 0.1) is 6.92 Å². The number of benzene rings is 1. The number of fused-ring (bicyclic) bond motifs is 1. The van der Waals surface area contributed by atoms with Gasteiger partial charge in [-0.3, -0.25) is 5.10 Å². The van der Waals surface area contributed by atoms with Gasteiger partial charge in [-0.1, -0.05) is 12.5 Å². The second-order valence-corrected chi connectivity index (χ2v) is 8.76. The highest BCUT2D eigenvalue weighted by atomic mass is 32.2. The summed E-state index contributed by atoms with van der Waals surface area (Å²) in [6, 6.07) is 4.31. The Kier molecular flexibility index (Phi) is 5.31. The van der Waals surface area contributed by atoms with Gasteiger partial charge in [0.2, 0.25) is 0 Å². The molecule has 2 aromatic rings. The van der Waals surface area contributed by atoms with E-state index < -0.39 is 9.84 Å². The third-order valence-corrected chi connectivity index (χ3v) is 5.80. The molecule has 0 bridgehead atoms. The molecule has 1 aromatic carbocycles. The molecule has 140 valence electrons. The summed E-state index contributed by atoms with van der Waals surface area (Å²) in [5.41, 5.74) is 4.54. The highest BCUT2D eigenvalue weighted by molar-refractivity contribution is 7.90. The van der Waals surface area contributed by atoms with Crippen LogP contribution in [0.25, 0.3) is 0 Å². The molecule has 3 N–H and O–H groups in total. The summed E-state index contributed by atoms with van der Waals surface area (Å²) >= 11 is 0. The lowest BCUT2D eigenvalue weighted by Gasteiger charge is -2.11. The van der Waals surface area contributed by atoms with E-state index in [0.717, 1.165) is 36.8 Å². The van der Waals surface area contributed by atoms with Gasteiger partial charge in [0.1, 0.15) is 0 Å². The van der Waals surface area contributed by atoms with Crippen LogP contribution >= 0.6 is 0 Å². The zero-order valence-corrected chi connectivity index (χ0v) is 15.9. The van der Waals surface area contributed by atoms with Gasteiger partial charge in [-0.2, -0.15) is 5.10 Å². The second kappa shape index (κ2) is 7.49. The summed E-state index contributed by atoms with van der Waals surface area (Å²) in [5, 5.41) is 13.0. The lowest BCUT2D eigenvalue weighted by atomic mass is 10.1. The minimum Gasteiger partial charge on any atom is -0.332 e. The van der Waals surface area contributed by atoms with Gasteiger partial charge < -0.3 is 10.6 Å². The number of aromatic amines is 1. The van der Waals surface area contributed by atoms with Crippen molar-refractivity contribution in [1.29, 1.82) is 0 Å². The van der Waals surface area contributed by atoms with E-state index in [0.29, 0.717) is 12.2 Å². The number of sulfone groups is 1. The number of aryl methyl sites for hydroxylation is 2. The van der Waals surface area contributed by atoms with Crippen molar-refractivity contribution in [2.75, 3.05) is 11.6 Å². The highest BCUT2D eigenvalue weighted by Gasteiger charge is 2.16. The number of anilines is 1. The lowest BCUT2D eigenvalue weighted by Crippen LogP contribution is -2.29. The topological polar surface area (TPSA) is 104 Å². The van der Waals surface area contributed by atoms with Gasteiger partial charge >= 0.3 is 6.03 Å². The first-order valence-corrected chi connectivity index (χ1v) is 10.6. The molecule has 1 aromatic heterocycles. The van der Waals surface area contributed by atoms with E-state index in [1.54, 1.807) is 6.07 Å². The van der Waals surface area contributed by atoms with Gasteiger partial charge in [0.05, 0.1) is 17.1 Å². The molecule has 0 saturated heterocycles. The van der Waals surface area contributed by atoms with Crippen molar-refractivity contribution in [2.45, 2.75) is 50.5 Å². The fraction of sp³-hybridized carbons (Fsp3) is 0.444. The normalized spacial score (nSPS) is 14.4. The average molecular weight is 376 g/mol. The SMILES string of the molecule is Cc1ccc(S(C)(=O)=O)cc1NC(=O)NCc1n[nH]c2c1CCCCC2. The minimum atomic E-state index is -3.33. The number of hydrogen-bond donors (Lipinski definition) is 3. The van der Waals surface area contributed by atoms with Gasteiger partial charge in [0.15, 0.2) is 9.84 Å². The predicted molar refractivity (Wildman–Crippen MR) is 100.0 cm³/mol. The molecule has 0 radical (unpaired) electrons. The predicted octanol–water partition coefficient (Wildman–Crippen LogP) is 2.71. The van der Waals surface area contributed by atoms with Crippen molar-refractivity contribution >= 4 is 21.6 Å². The molecule has 1 heterocycles. The Morgan fingerprint density at radius 2 is 2.00 bits per heavy atom. The smallest absolute Gasteiger partial charge is 0.319 e.